The number of aryl methyl sites for hydroxylation is 2. The second-order valence-electron chi connectivity index (χ2n) is 4.87. The van der Waals surface area contributed by atoms with Crippen LogP contribution in [0, 0.1) is 19.7 Å². The van der Waals surface area contributed by atoms with Crippen LogP contribution in [0.25, 0.3) is 4.96 Å². The number of fused-ring (bicyclic) bond motifs is 1. The maximum Gasteiger partial charge on any atom is 0.194 e. The number of hydrogen-bond donors (Lipinski definition) is 1. The predicted octanol–water partition coefficient (Wildman–Crippen LogP) is 3.44. The van der Waals surface area contributed by atoms with Crippen molar-refractivity contribution in [1.82, 2.24) is 14.7 Å². The highest BCUT2D eigenvalue weighted by molar-refractivity contribution is 7.17. The Morgan fingerprint density at radius 1 is 1.30 bits per heavy atom. The SMILES string of the molecule is Cc1cn2c(CNCc3cccc(F)c3)c(C)nc2s1. The number of thiazole rings is 1. The van der Waals surface area contributed by atoms with Crippen LogP contribution in [0.15, 0.2) is 30.5 Å². The van der Waals surface area contributed by atoms with Gasteiger partial charge in [-0.2, -0.15) is 0 Å². The molecule has 0 aliphatic rings. The summed E-state index contributed by atoms with van der Waals surface area (Å²) in [5.41, 5.74) is 3.16. The Morgan fingerprint density at radius 3 is 2.95 bits per heavy atom. The van der Waals surface area contributed by atoms with E-state index in [0.29, 0.717) is 6.54 Å². The number of nitrogens with one attached hydrogen (secondary N) is 1. The summed E-state index contributed by atoms with van der Waals surface area (Å²) < 4.78 is 15.2. The Labute approximate surface area is 121 Å². The molecular weight excluding hydrogens is 273 g/mol. The molecule has 0 saturated heterocycles. The topological polar surface area (TPSA) is 29.3 Å². The number of imidazole rings is 1. The van der Waals surface area contributed by atoms with Gasteiger partial charge in [0, 0.05) is 24.2 Å². The molecule has 0 bridgehead atoms. The number of aromatic nitrogens is 2. The second kappa shape index (κ2) is 5.34. The van der Waals surface area contributed by atoms with Gasteiger partial charge in [-0.3, -0.25) is 4.40 Å². The molecule has 0 fully saturated rings. The molecule has 2 heterocycles. The molecule has 2 aromatic heterocycles. The summed E-state index contributed by atoms with van der Waals surface area (Å²) in [5, 5.41) is 3.35. The lowest BCUT2D eigenvalue weighted by Crippen LogP contribution is -2.14. The van der Waals surface area contributed by atoms with E-state index in [2.05, 4.69) is 27.8 Å². The van der Waals surface area contributed by atoms with Crippen LogP contribution in [-0.2, 0) is 13.1 Å². The Hall–Kier alpha value is -1.72. The van der Waals surface area contributed by atoms with Crippen LogP contribution >= 0.6 is 11.3 Å². The molecule has 0 aliphatic carbocycles. The standard InChI is InChI=1S/C15H16FN3S/c1-10-9-19-14(11(2)18-15(19)20-10)8-17-7-12-4-3-5-13(16)6-12/h3-6,9,17H,7-8H2,1-2H3. The van der Waals surface area contributed by atoms with Crippen molar-refractivity contribution in [3.8, 4) is 0 Å². The third kappa shape index (κ3) is 2.59. The summed E-state index contributed by atoms with van der Waals surface area (Å²) in [7, 11) is 0. The first kappa shape index (κ1) is 13.3. The molecule has 20 heavy (non-hydrogen) atoms. The molecule has 0 atom stereocenters. The van der Waals surface area contributed by atoms with Crippen molar-refractivity contribution in [2.24, 2.45) is 0 Å². The molecule has 0 spiro atoms. The van der Waals surface area contributed by atoms with E-state index >= 15 is 0 Å². The molecule has 1 aromatic carbocycles. The van der Waals surface area contributed by atoms with Gasteiger partial charge in [-0.15, -0.1) is 11.3 Å². The average molecular weight is 289 g/mol. The van der Waals surface area contributed by atoms with Crippen molar-refractivity contribution in [3.63, 3.8) is 0 Å². The normalized spacial score (nSPS) is 11.3. The Bertz CT molecular complexity index is 745. The number of benzene rings is 1. The van der Waals surface area contributed by atoms with Crippen LogP contribution in [0.5, 0.6) is 0 Å². The van der Waals surface area contributed by atoms with Crippen molar-refractivity contribution >= 4 is 16.3 Å². The van der Waals surface area contributed by atoms with E-state index in [9.17, 15) is 4.39 Å². The molecule has 0 radical (unpaired) electrons. The zero-order valence-corrected chi connectivity index (χ0v) is 12.3. The van der Waals surface area contributed by atoms with E-state index in [1.807, 2.05) is 13.0 Å². The molecule has 0 saturated carbocycles. The summed E-state index contributed by atoms with van der Waals surface area (Å²) in [6.07, 6.45) is 2.11. The molecular formula is C15H16FN3S. The molecule has 0 amide bonds. The molecule has 0 unspecified atom stereocenters. The van der Waals surface area contributed by atoms with Crippen LogP contribution in [0.4, 0.5) is 4.39 Å². The van der Waals surface area contributed by atoms with Crippen molar-refractivity contribution in [1.29, 1.82) is 0 Å². The van der Waals surface area contributed by atoms with Gasteiger partial charge < -0.3 is 5.32 Å². The first-order valence-electron chi connectivity index (χ1n) is 6.52. The molecule has 3 nitrogen and oxygen atoms in total. The van der Waals surface area contributed by atoms with Crippen molar-refractivity contribution < 1.29 is 4.39 Å². The maximum atomic E-state index is 13.1. The van der Waals surface area contributed by atoms with Crippen molar-refractivity contribution in [2.45, 2.75) is 26.9 Å². The molecule has 3 rings (SSSR count). The number of hydrogen-bond acceptors (Lipinski definition) is 3. The summed E-state index contributed by atoms with van der Waals surface area (Å²) in [6, 6.07) is 6.67. The van der Waals surface area contributed by atoms with Crippen LogP contribution in [0.2, 0.25) is 0 Å². The number of halogens is 1. The van der Waals surface area contributed by atoms with Crippen molar-refractivity contribution in [3.05, 3.63) is 58.1 Å². The number of nitrogens with zero attached hydrogens (tertiary/aromatic N) is 2. The van der Waals surface area contributed by atoms with Crippen LogP contribution < -0.4 is 5.32 Å². The van der Waals surface area contributed by atoms with Crippen LogP contribution in [0.1, 0.15) is 21.8 Å². The van der Waals surface area contributed by atoms with Gasteiger partial charge in [-0.25, -0.2) is 9.37 Å². The third-order valence-corrected chi connectivity index (χ3v) is 4.15. The predicted molar refractivity (Wildman–Crippen MR) is 79.5 cm³/mol. The Kier molecular flexibility index (Phi) is 3.54. The lowest BCUT2D eigenvalue weighted by atomic mass is 10.2. The quantitative estimate of drug-likeness (QED) is 0.797. The van der Waals surface area contributed by atoms with E-state index in [0.717, 1.165) is 22.8 Å². The number of rotatable bonds is 4. The zero-order chi connectivity index (χ0) is 14.1. The third-order valence-electron chi connectivity index (χ3n) is 3.25. The lowest BCUT2D eigenvalue weighted by molar-refractivity contribution is 0.618. The fraction of sp³-hybridized carbons (Fsp3) is 0.267. The van der Waals surface area contributed by atoms with E-state index in [4.69, 9.17) is 0 Å². The Balaban J connectivity index is 1.72. The zero-order valence-electron chi connectivity index (χ0n) is 11.5. The van der Waals surface area contributed by atoms with Gasteiger partial charge in [-0.05, 0) is 31.5 Å². The van der Waals surface area contributed by atoms with Crippen LogP contribution in [-0.4, -0.2) is 9.38 Å². The van der Waals surface area contributed by atoms with Gasteiger partial charge in [0.05, 0.1) is 11.4 Å². The van der Waals surface area contributed by atoms with Gasteiger partial charge in [0.15, 0.2) is 4.96 Å². The minimum atomic E-state index is -0.194. The van der Waals surface area contributed by atoms with Gasteiger partial charge in [0.1, 0.15) is 5.82 Å². The highest BCUT2D eigenvalue weighted by atomic mass is 32.1. The van der Waals surface area contributed by atoms with E-state index in [1.165, 1.54) is 16.6 Å². The lowest BCUT2D eigenvalue weighted by Gasteiger charge is -2.05. The van der Waals surface area contributed by atoms with E-state index in [1.54, 1.807) is 23.5 Å². The largest absolute Gasteiger partial charge is 0.307 e. The molecule has 5 heteroatoms. The second-order valence-corrected chi connectivity index (χ2v) is 6.08. The molecule has 3 aromatic rings. The smallest absolute Gasteiger partial charge is 0.194 e. The van der Waals surface area contributed by atoms with Gasteiger partial charge >= 0.3 is 0 Å². The molecule has 0 aliphatic heterocycles. The van der Waals surface area contributed by atoms with Crippen molar-refractivity contribution in [2.75, 3.05) is 0 Å². The minimum absolute atomic E-state index is 0.194. The van der Waals surface area contributed by atoms with E-state index < -0.39 is 0 Å². The fourth-order valence-corrected chi connectivity index (χ4v) is 3.18. The van der Waals surface area contributed by atoms with Gasteiger partial charge in [-0.1, -0.05) is 12.1 Å². The Morgan fingerprint density at radius 2 is 2.15 bits per heavy atom. The highest BCUT2D eigenvalue weighted by Gasteiger charge is 2.10. The first-order chi connectivity index (χ1) is 9.63. The van der Waals surface area contributed by atoms with Gasteiger partial charge in [0.2, 0.25) is 0 Å². The summed E-state index contributed by atoms with van der Waals surface area (Å²) >= 11 is 1.69. The summed E-state index contributed by atoms with van der Waals surface area (Å²) in [5.74, 6) is -0.194. The summed E-state index contributed by atoms with van der Waals surface area (Å²) in [4.78, 5) is 6.83. The van der Waals surface area contributed by atoms with E-state index in [-0.39, 0.29) is 5.82 Å². The maximum absolute atomic E-state index is 13.1. The van der Waals surface area contributed by atoms with Gasteiger partial charge in [0.25, 0.3) is 0 Å². The minimum Gasteiger partial charge on any atom is -0.307 e. The summed E-state index contributed by atoms with van der Waals surface area (Å²) in [6.45, 7) is 5.47. The molecule has 104 valence electrons. The highest BCUT2D eigenvalue weighted by Crippen LogP contribution is 2.20. The fourth-order valence-electron chi connectivity index (χ4n) is 2.29. The average Bonchev–Trinajstić information content (AvgIpc) is 2.87. The van der Waals surface area contributed by atoms with Crippen LogP contribution in [0.3, 0.4) is 0 Å². The molecule has 1 N–H and O–H groups in total. The monoisotopic (exact) mass is 289 g/mol. The first-order valence-corrected chi connectivity index (χ1v) is 7.34.